The summed E-state index contributed by atoms with van der Waals surface area (Å²) in [6.07, 6.45) is 2.26. The number of nitrogens with one attached hydrogen (secondary N) is 2. The van der Waals surface area contributed by atoms with E-state index in [1.807, 2.05) is 12.1 Å². The highest BCUT2D eigenvalue weighted by Crippen LogP contribution is 2.49. The van der Waals surface area contributed by atoms with E-state index in [1.165, 1.54) is 11.6 Å². The van der Waals surface area contributed by atoms with Crippen LogP contribution in [0.5, 0.6) is 0 Å². The van der Waals surface area contributed by atoms with E-state index in [1.54, 1.807) is 19.2 Å². The van der Waals surface area contributed by atoms with Crippen molar-refractivity contribution in [2.45, 2.75) is 24.8 Å². The summed E-state index contributed by atoms with van der Waals surface area (Å²) in [6.45, 7) is 1.07. The average molecular weight is 543 g/mol. The lowest BCUT2D eigenvalue weighted by Gasteiger charge is -2.20. The molecule has 27 heavy (non-hydrogen) atoms. The maximum atomic E-state index is 14.0. The first kappa shape index (κ1) is 21.6. The van der Waals surface area contributed by atoms with E-state index >= 15 is 0 Å². The molecule has 0 amide bonds. The number of halogens is 3. The second kappa shape index (κ2) is 9.51. The Kier molecular flexibility index (Phi) is 7.62. The van der Waals surface area contributed by atoms with Crippen molar-refractivity contribution >= 4 is 45.9 Å². The van der Waals surface area contributed by atoms with Crippen LogP contribution in [0.1, 0.15) is 29.5 Å². The molecule has 1 fully saturated rings. The number of aliphatic imine (C=N–C) groups is 1. The maximum absolute atomic E-state index is 14.0. The SMILES string of the molecule is CN=C(NCc1ccc(C#N)cc1F)NCC1(c2ccccc2Br)CC1.I. The molecule has 0 aliphatic heterocycles. The molecule has 0 atom stereocenters. The topological polar surface area (TPSA) is 60.2 Å². The van der Waals surface area contributed by atoms with Crippen molar-refractivity contribution in [3.63, 3.8) is 0 Å². The van der Waals surface area contributed by atoms with E-state index in [-0.39, 0.29) is 35.2 Å². The Bertz CT molecular complexity index is 875. The van der Waals surface area contributed by atoms with Crippen LogP contribution in [-0.2, 0) is 12.0 Å². The fraction of sp³-hybridized carbons (Fsp3) is 0.300. The zero-order valence-corrected chi connectivity index (χ0v) is 18.8. The van der Waals surface area contributed by atoms with Crippen molar-refractivity contribution in [1.29, 1.82) is 5.26 Å². The zero-order valence-electron chi connectivity index (χ0n) is 14.9. The Morgan fingerprint density at radius 3 is 2.59 bits per heavy atom. The molecule has 142 valence electrons. The molecule has 0 aromatic heterocycles. The summed E-state index contributed by atoms with van der Waals surface area (Å²) >= 11 is 3.64. The van der Waals surface area contributed by atoms with Crippen LogP contribution in [0, 0.1) is 17.1 Å². The predicted molar refractivity (Wildman–Crippen MR) is 120 cm³/mol. The molecule has 7 heteroatoms. The molecule has 0 spiro atoms. The highest BCUT2D eigenvalue weighted by molar-refractivity contribution is 14.0. The molecule has 1 aliphatic carbocycles. The van der Waals surface area contributed by atoms with Gasteiger partial charge in [-0.05, 0) is 36.6 Å². The van der Waals surface area contributed by atoms with Crippen LogP contribution < -0.4 is 10.6 Å². The third kappa shape index (κ3) is 5.20. The van der Waals surface area contributed by atoms with Gasteiger partial charge in [-0.25, -0.2) is 4.39 Å². The molecule has 0 saturated heterocycles. The van der Waals surface area contributed by atoms with Crippen molar-refractivity contribution in [2.24, 2.45) is 4.99 Å². The van der Waals surface area contributed by atoms with Crippen molar-refractivity contribution in [3.8, 4) is 6.07 Å². The van der Waals surface area contributed by atoms with E-state index in [0.29, 0.717) is 23.6 Å². The largest absolute Gasteiger partial charge is 0.356 e. The molecule has 2 aromatic carbocycles. The highest BCUT2D eigenvalue weighted by Gasteiger charge is 2.45. The van der Waals surface area contributed by atoms with Gasteiger partial charge >= 0.3 is 0 Å². The van der Waals surface area contributed by atoms with Crippen LogP contribution in [-0.4, -0.2) is 19.6 Å². The van der Waals surface area contributed by atoms with Gasteiger partial charge in [-0.1, -0.05) is 40.2 Å². The molecule has 0 heterocycles. The molecule has 0 unspecified atom stereocenters. The zero-order chi connectivity index (χ0) is 18.6. The summed E-state index contributed by atoms with van der Waals surface area (Å²) in [4.78, 5) is 4.22. The van der Waals surface area contributed by atoms with Crippen LogP contribution >= 0.6 is 39.9 Å². The first-order chi connectivity index (χ1) is 12.6. The Balaban J connectivity index is 0.00000261. The summed E-state index contributed by atoms with van der Waals surface area (Å²) in [5.74, 6) is 0.242. The highest BCUT2D eigenvalue weighted by atomic mass is 127. The molecule has 3 rings (SSSR count). The van der Waals surface area contributed by atoms with Crippen molar-refractivity contribution < 1.29 is 4.39 Å². The van der Waals surface area contributed by atoms with E-state index in [4.69, 9.17) is 5.26 Å². The van der Waals surface area contributed by atoms with E-state index in [9.17, 15) is 4.39 Å². The fourth-order valence-corrected chi connectivity index (χ4v) is 3.70. The van der Waals surface area contributed by atoms with Gasteiger partial charge in [0.1, 0.15) is 5.82 Å². The molecule has 2 N–H and O–H groups in total. The standard InChI is InChI=1S/C20H20BrFN4.HI/c1-24-19(25-12-15-7-6-14(11-23)10-18(15)22)26-13-20(8-9-20)16-4-2-3-5-17(16)21;/h2-7,10H,8-9,12-13H2,1H3,(H2,24,25,26);1H. The third-order valence-electron chi connectivity index (χ3n) is 4.75. The Labute approximate surface area is 184 Å². The number of nitrogens with zero attached hydrogens (tertiary/aromatic N) is 2. The van der Waals surface area contributed by atoms with E-state index < -0.39 is 0 Å². The number of nitriles is 1. The van der Waals surface area contributed by atoms with Gasteiger partial charge in [0.05, 0.1) is 11.6 Å². The van der Waals surface area contributed by atoms with E-state index in [0.717, 1.165) is 23.9 Å². The van der Waals surface area contributed by atoms with Crippen LogP contribution in [0.25, 0.3) is 0 Å². The minimum absolute atomic E-state index is 0. The molecule has 1 saturated carbocycles. The maximum Gasteiger partial charge on any atom is 0.191 e. The second-order valence-corrected chi connectivity index (χ2v) is 7.31. The van der Waals surface area contributed by atoms with Gasteiger partial charge in [0.15, 0.2) is 5.96 Å². The fourth-order valence-electron chi connectivity index (χ4n) is 3.00. The monoisotopic (exact) mass is 542 g/mol. The van der Waals surface area contributed by atoms with Gasteiger partial charge in [-0.3, -0.25) is 4.99 Å². The summed E-state index contributed by atoms with van der Waals surface area (Å²) in [6, 6.07) is 14.7. The number of hydrogen-bond donors (Lipinski definition) is 2. The van der Waals surface area contributed by atoms with Crippen LogP contribution in [0.3, 0.4) is 0 Å². The summed E-state index contributed by atoms with van der Waals surface area (Å²) in [7, 11) is 1.70. The smallest absolute Gasteiger partial charge is 0.191 e. The predicted octanol–water partition coefficient (Wildman–Crippen LogP) is 4.47. The lowest BCUT2D eigenvalue weighted by molar-refractivity contribution is 0.601. The lowest BCUT2D eigenvalue weighted by atomic mass is 9.96. The van der Waals surface area contributed by atoms with Crippen LogP contribution in [0.2, 0.25) is 0 Å². The summed E-state index contributed by atoms with van der Waals surface area (Å²) in [5.41, 5.74) is 2.25. The quantitative estimate of drug-likeness (QED) is 0.333. The first-order valence-electron chi connectivity index (χ1n) is 8.46. The number of rotatable bonds is 5. The lowest BCUT2D eigenvalue weighted by Crippen LogP contribution is -2.41. The summed E-state index contributed by atoms with van der Waals surface area (Å²) in [5, 5.41) is 15.3. The summed E-state index contributed by atoms with van der Waals surface area (Å²) < 4.78 is 15.1. The van der Waals surface area contributed by atoms with Crippen molar-refractivity contribution in [2.75, 3.05) is 13.6 Å². The average Bonchev–Trinajstić information content (AvgIpc) is 3.44. The van der Waals surface area contributed by atoms with Gasteiger partial charge in [-0.15, -0.1) is 24.0 Å². The number of hydrogen-bond acceptors (Lipinski definition) is 2. The van der Waals surface area contributed by atoms with Crippen LogP contribution in [0.15, 0.2) is 51.9 Å². The minimum atomic E-state index is -0.390. The Morgan fingerprint density at radius 2 is 2.00 bits per heavy atom. The molecule has 4 nitrogen and oxygen atoms in total. The van der Waals surface area contributed by atoms with Gasteiger partial charge in [0, 0.05) is 35.6 Å². The van der Waals surface area contributed by atoms with Crippen LogP contribution in [0.4, 0.5) is 4.39 Å². The normalized spacial score (nSPS) is 14.7. The minimum Gasteiger partial charge on any atom is -0.356 e. The van der Waals surface area contributed by atoms with Gasteiger partial charge in [0.2, 0.25) is 0 Å². The van der Waals surface area contributed by atoms with Crippen molar-refractivity contribution in [3.05, 3.63) is 69.4 Å². The van der Waals surface area contributed by atoms with E-state index in [2.05, 4.69) is 49.8 Å². The number of benzene rings is 2. The van der Waals surface area contributed by atoms with Crippen molar-refractivity contribution in [1.82, 2.24) is 10.6 Å². The first-order valence-corrected chi connectivity index (χ1v) is 9.25. The van der Waals surface area contributed by atoms with Gasteiger partial charge in [0.25, 0.3) is 0 Å². The Hall–Kier alpha value is -1.66. The second-order valence-electron chi connectivity index (χ2n) is 6.46. The molecule has 1 aliphatic rings. The molecular formula is C20H21BrFIN4. The third-order valence-corrected chi connectivity index (χ3v) is 5.44. The molecular weight excluding hydrogens is 522 g/mol. The Morgan fingerprint density at radius 1 is 1.26 bits per heavy atom. The molecule has 0 radical (unpaired) electrons. The van der Waals surface area contributed by atoms with Gasteiger partial charge < -0.3 is 10.6 Å². The number of guanidine groups is 1. The van der Waals surface area contributed by atoms with Gasteiger partial charge in [-0.2, -0.15) is 5.26 Å². The molecule has 2 aromatic rings. The molecule has 0 bridgehead atoms.